The van der Waals surface area contributed by atoms with Crippen molar-refractivity contribution in [3.05, 3.63) is 42.4 Å². The number of aromatic hydroxyl groups is 8. The van der Waals surface area contributed by atoms with Crippen LogP contribution in [0.3, 0.4) is 0 Å². The van der Waals surface area contributed by atoms with Crippen LogP contribution < -0.4 is 20.9 Å². The summed E-state index contributed by atoms with van der Waals surface area (Å²) in [4.78, 5) is 0. The zero-order valence-electron chi connectivity index (χ0n) is 27.2. The first-order valence-corrected chi connectivity index (χ1v) is 19.5. The molecule has 6 rings (SSSR count). The molecule has 254 valence electrons. The van der Waals surface area contributed by atoms with Gasteiger partial charge >= 0.3 is 0 Å². The van der Waals surface area contributed by atoms with Gasteiger partial charge < -0.3 is 40.9 Å². The Labute approximate surface area is 293 Å². The molecule has 0 aromatic heterocycles. The Morgan fingerprint density at radius 2 is 1.00 bits per heavy atom. The molecule has 0 amide bonds. The van der Waals surface area contributed by atoms with Crippen molar-refractivity contribution in [2.75, 3.05) is 23.0 Å². The largest absolute Gasteiger partial charge is 0.507 e. The highest BCUT2D eigenvalue weighted by atomic mass is 32.2. The minimum atomic E-state index is -0.442. The first-order valence-electron chi connectivity index (χ1n) is 15.6. The van der Waals surface area contributed by atoms with E-state index in [1.807, 2.05) is 0 Å². The van der Waals surface area contributed by atoms with Crippen LogP contribution in [-0.4, -0.2) is 63.9 Å². The van der Waals surface area contributed by atoms with Crippen molar-refractivity contribution >= 4 is 89.2 Å². The average molecular weight is 727 g/mol. The van der Waals surface area contributed by atoms with E-state index in [2.05, 4.69) is 6.58 Å². The summed E-state index contributed by atoms with van der Waals surface area (Å²) in [5.74, 6) is -0.470. The normalized spacial score (nSPS) is 16.4. The van der Waals surface area contributed by atoms with E-state index in [1.54, 1.807) is 34.6 Å². The van der Waals surface area contributed by atoms with Crippen LogP contribution in [0.2, 0.25) is 0 Å². The Kier molecular flexibility index (Phi) is 9.25. The van der Waals surface area contributed by atoms with Crippen molar-refractivity contribution in [1.82, 2.24) is 0 Å². The predicted octanol–water partition coefficient (Wildman–Crippen LogP) is 5.83. The lowest BCUT2D eigenvalue weighted by molar-refractivity contribution is 0.395. The number of hydrogen-bond acceptors (Lipinski definition) is 12. The third-order valence-electron chi connectivity index (χ3n) is 8.92. The number of fused-ring (bicyclic) bond motifs is 2. The SMILES string of the molecule is C=c1c(O)c2c(=C(C)C)c(O)c(O)c(=C3SCCCS3)c2c(O)/c1=c1/c(C)c(O)c2c(C(C)C)c(O)c(O)c(=C3SCCCS3)c2c1O. The first kappa shape index (κ1) is 34.5. The van der Waals surface area contributed by atoms with E-state index >= 15 is 0 Å². The van der Waals surface area contributed by atoms with Gasteiger partial charge in [0.1, 0.15) is 23.0 Å². The van der Waals surface area contributed by atoms with Gasteiger partial charge in [0.25, 0.3) is 0 Å². The van der Waals surface area contributed by atoms with E-state index < -0.39 is 23.0 Å². The van der Waals surface area contributed by atoms with Crippen LogP contribution in [0.15, 0.2) is 0 Å². The lowest BCUT2D eigenvalue weighted by Crippen LogP contribution is -2.20. The van der Waals surface area contributed by atoms with Crippen LogP contribution in [-0.2, 0) is 0 Å². The molecule has 0 atom stereocenters. The molecule has 2 aliphatic heterocycles. The summed E-state index contributed by atoms with van der Waals surface area (Å²) in [6.07, 6.45) is 1.86. The number of benzene rings is 4. The molecule has 48 heavy (non-hydrogen) atoms. The highest BCUT2D eigenvalue weighted by Gasteiger charge is 2.29. The summed E-state index contributed by atoms with van der Waals surface area (Å²) in [6.45, 7) is 12.7. The first-order chi connectivity index (χ1) is 22.7. The van der Waals surface area contributed by atoms with Gasteiger partial charge in [-0.1, -0.05) is 26.0 Å². The minimum absolute atomic E-state index is 0.0293. The zero-order chi connectivity index (χ0) is 34.9. The van der Waals surface area contributed by atoms with Crippen molar-refractivity contribution in [2.24, 2.45) is 0 Å². The third-order valence-corrected chi connectivity index (χ3v) is 14.2. The molecule has 12 heteroatoms. The maximum Gasteiger partial charge on any atom is 0.167 e. The molecule has 2 aliphatic rings. The molecule has 2 saturated heterocycles. The van der Waals surface area contributed by atoms with Crippen LogP contribution in [0.5, 0.6) is 46.0 Å². The Balaban J connectivity index is 2.05. The van der Waals surface area contributed by atoms with Gasteiger partial charge in [-0.15, -0.1) is 47.0 Å². The topological polar surface area (TPSA) is 162 Å². The molecular formula is C36H38O8S4. The molecule has 0 spiro atoms. The number of rotatable bonds is 1. The smallest absolute Gasteiger partial charge is 0.167 e. The number of hydrogen-bond donors (Lipinski definition) is 8. The van der Waals surface area contributed by atoms with Gasteiger partial charge in [0, 0.05) is 53.5 Å². The van der Waals surface area contributed by atoms with Crippen molar-refractivity contribution in [3.63, 3.8) is 0 Å². The maximum absolute atomic E-state index is 12.3. The second kappa shape index (κ2) is 12.9. The summed E-state index contributed by atoms with van der Waals surface area (Å²) in [5, 5.41) is 94.7. The molecular weight excluding hydrogens is 689 g/mol. The highest BCUT2D eigenvalue weighted by molar-refractivity contribution is 8.30. The van der Waals surface area contributed by atoms with Gasteiger partial charge in [0.05, 0.1) is 18.9 Å². The summed E-state index contributed by atoms with van der Waals surface area (Å²) < 4.78 is 1.33. The fourth-order valence-corrected chi connectivity index (χ4v) is 12.0. The number of phenolic OH excluding ortho intramolecular Hbond substituents is 8. The van der Waals surface area contributed by atoms with Gasteiger partial charge in [0.2, 0.25) is 0 Å². The van der Waals surface area contributed by atoms with Gasteiger partial charge in [-0.05, 0) is 62.5 Å². The molecule has 4 aromatic carbocycles. The van der Waals surface area contributed by atoms with Gasteiger partial charge in [-0.3, -0.25) is 0 Å². The van der Waals surface area contributed by atoms with Crippen LogP contribution in [0.1, 0.15) is 57.6 Å². The summed E-state index contributed by atoms with van der Waals surface area (Å²) in [7, 11) is 0. The second-order valence-corrected chi connectivity index (χ2v) is 17.4. The monoisotopic (exact) mass is 726 g/mol. The van der Waals surface area contributed by atoms with Crippen LogP contribution >= 0.6 is 47.0 Å². The Morgan fingerprint density at radius 3 is 1.48 bits per heavy atom. The molecule has 0 radical (unpaired) electrons. The summed E-state index contributed by atoms with van der Waals surface area (Å²) >= 11 is 5.89. The Hall–Kier alpha value is -3.32. The fraction of sp³-hybridized carbons (Fsp3) is 0.333. The Morgan fingerprint density at radius 1 is 0.542 bits per heavy atom. The van der Waals surface area contributed by atoms with E-state index in [1.165, 1.54) is 47.0 Å². The highest BCUT2D eigenvalue weighted by Crippen LogP contribution is 2.48. The molecule has 2 heterocycles. The minimum Gasteiger partial charge on any atom is -0.507 e. The third kappa shape index (κ3) is 5.09. The van der Waals surface area contributed by atoms with Crippen LogP contribution in [0.4, 0.5) is 0 Å². The molecule has 0 saturated carbocycles. The molecule has 8 N–H and O–H groups in total. The van der Waals surface area contributed by atoms with Crippen molar-refractivity contribution < 1.29 is 40.9 Å². The summed E-state index contributed by atoms with van der Waals surface area (Å²) in [6, 6.07) is 0. The zero-order valence-corrected chi connectivity index (χ0v) is 30.5. The number of thioether (sulfide) groups is 4. The van der Waals surface area contributed by atoms with Crippen molar-refractivity contribution in [2.45, 2.75) is 53.4 Å². The van der Waals surface area contributed by atoms with Crippen molar-refractivity contribution in [1.29, 1.82) is 0 Å². The van der Waals surface area contributed by atoms with Gasteiger partial charge in [0.15, 0.2) is 23.0 Å². The van der Waals surface area contributed by atoms with E-state index in [4.69, 9.17) is 0 Å². The van der Waals surface area contributed by atoms with E-state index in [-0.39, 0.29) is 92.9 Å². The van der Waals surface area contributed by atoms with E-state index in [9.17, 15) is 40.9 Å². The van der Waals surface area contributed by atoms with Crippen LogP contribution in [0.25, 0.3) is 42.2 Å². The molecule has 2 fully saturated rings. The second-order valence-electron chi connectivity index (χ2n) is 12.5. The van der Waals surface area contributed by atoms with Crippen molar-refractivity contribution in [3.8, 4) is 46.0 Å². The standard InChI is InChI=1S/C36H38O8S4/c1-13(2)17-21-23(25(33(43)31(17)41)35-45-9-7-10-46-35)29(39)19(15(5)27(21)37)20-16(6)28(38)22-18(14(3)4)32(42)34(44)26(24(22)30(20)40)36-47-11-8-12-48-36/h14,37-44H,5,7-12H2,1-4,6H3/b20-19-. The quantitative estimate of drug-likeness (QED) is 0.0877. The molecule has 0 aliphatic carbocycles. The fourth-order valence-electron chi connectivity index (χ4n) is 6.74. The molecule has 0 bridgehead atoms. The average Bonchev–Trinajstić information content (AvgIpc) is 3.06. The lowest BCUT2D eigenvalue weighted by Gasteiger charge is -2.21. The molecule has 8 nitrogen and oxygen atoms in total. The van der Waals surface area contributed by atoms with E-state index in [0.717, 1.165) is 35.9 Å². The molecule has 0 unspecified atom stereocenters. The summed E-state index contributed by atoms with van der Waals surface area (Å²) in [5.41, 5.74) is 0.964. The number of phenols is 8. The lowest BCUT2D eigenvalue weighted by atomic mass is 9.89. The molecule has 4 aromatic rings. The Bertz CT molecular complexity index is 2400. The van der Waals surface area contributed by atoms with Gasteiger partial charge in [-0.2, -0.15) is 0 Å². The predicted molar refractivity (Wildman–Crippen MR) is 202 cm³/mol. The maximum atomic E-state index is 12.3. The van der Waals surface area contributed by atoms with Gasteiger partial charge in [-0.25, -0.2) is 0 Å². The van der Waals surface area contributed by atoms with Crippen LogP contribution in [0, 0.1) is 17.4 Å². The van der Waals surface area contributed by atoms with E-state index in [0.29, 0.717) is 14.0 Å².